The lowest BCUT2D eigenvalue weighted by atomic mass is 10.0. The zero-order valence-electron chi connectivity index (χ0n) is 9.53. The Morgan fingerprint density at radius 2 is 2.11 bits per heavy atom. The molecule has 2 aromatic rings. The molecule has 1 aromatic heterocycles. The first-order valence-electron chi connectivity index (χ1n) is 5.73. The van der Waals surface area contributed by atoms with Gasteiger partial charge in [-0.05, 0) is 24.3 Å². The van der Waals surface area contributed by atoms with Gasteiger partial charge in [0.25, 0.3) is 0 Å². The van der Waals surface area contributed by atoms with Gasteiger partial charge >= 0.3 is 0 Å². The fraction of sp³-hybridized carbons (Fsp3) is 0.231. The number of hydrogen-bond acceptors (Lipinski definition) is 3. The van der Waals surface area contributed by atoms with Crippen LogP contribution in [0.3, 0.4) is 0 Å². The highest BCUT2D eigenvalue weighted by atomic mass is 35.5. The lowest BCUT2D eigenvalue weighted by Crippen LogP contribution is -2.40. The first kappa shape index (κ1) is 11.6. The van der Waals surface area contributed by atoms with Gasteiger partial charge in [-0.2, -0.15) is 0 Å². The number of rotatable bonds is 2. The minimum atomic E-state index is -0.323. The summed E-state index contributed by atoms with van der Waals surface area (Å²) in [4.78, 5) is 8.65. The molecule has 1 N–H and O–H groups in total. The van der Waals surface area contributed by atoms with E-state index in [-0.39, 0.29) is 5.82 Å². The minimum absolute atomic E-state index is 0.323. The summed E-state index contributed by atoms with van der Waals surface area (Å²) in [6, 6.07) is 6.16. The molecule has 0 amide bonds. The second-order valence-corrected chi connectivity index (χ2v) is 4.72. The summed E-state index contributed by atoms with van der Waals surface area (Å²) in [7, 11) is 0. The van der Waals surface area contributed by atoms with E-state index in [2.05, 4.69) is 15.3 Å². The van der Waals surface area contributed by atoms with Gasteiger partial charge in [-0.15, -0.1) is 0 Å². The Morgan fingerprint density at radius 1 is 1.28 bits per heavy atom. The van der Waals surface area contributed by atoms with Crippen LogP contribution in [0.5, 0.6) is 0 Å². The average Bonchev–Trinajstić information content (AvgIpc) is 2.30. The molecule has 1 aliphatic heterocycles. The van der Waals surface area contributed by atoms with Crippen LogP contribution < -0.4 is 5.32 Å². The summed E-state index contributed by atoms with van der Waals surface area (Å²) in [5.41, 5.74) is 0.991. The third-order valence-corrected chi connectivity index (χ3v) is 3.26. The van der Waals surface area contributed by atoms with Gasteiger partial charge in [0.15, 0.2) is 0 Å². The monoisotopic (exact) mass is 263 g/mol. The maximum absolute atomic E-state index is 13.8. The zero-order valence-corrected chi connectivity index (χ0v) is 10.3. The fourth-order valence-electron chi connectivity index (χ4n) is 1.89. The highest BCUT2D eigenvalue weighted by Crippen LogP contribution is 2.25. The highest BCUT2D eigenvalue weighted by molar-refractivity contribution is 6.30. The molecular formula is C13H11ClFN3. The van der Waals surface area contributed by atoms with Crippen molar-refractivity contribution >= 4 is 11.6 Å². The predicted octanol–water partition coefficient (Wildman–Crippen LogP) is 2.62. The Bertz CT molecular complexity index is 584. The topological polar surface area (TPSA) is 37.8 Å². The summed E-state index contributed by atoms with van der Waals surface area (Å²) in [5.74, 6) is 0.758. The molecule has 0 bridgehead atoms. The third-order valence-electron chi connectivity index (χ3n) is 3.03. The molecule has 0 unspecified atom stereocenters. The largest absolute Gasteiger partial charge is 0.315 e. The SMILES string of the molecule is Fc1ccc(Cl)cc1-c1ccnc(C2CNC2)n1. The molecule has 1 saturated heterocycles. The molecule has 1 aliphatic rings. The summed E-state index contributed by atoms with van der Waals surface area (Å²) in [6.07, 6.45) is 1.66. The molecule has 0 spiro atoms. The molecule has 2 heterocycles. The van der Waals surface area contributed by atoms with Gasteiger partial charge < -0.3 is 5.32 Å². The van der Waals surface area contributed by atoms with E-state index in [9.17, 15) is 4.39 Å². The smallest absolute Gasteiger partial charge is 0.134 e. The first-order valence-corrected chi connectivity index (χ1v) is 6.11. The Kier molecular flexibility index (Phi) is 2.97. The molecule has 1 fully saturated rings. The zero-order chi connectivity index (χ0) is 12.5. The van der Waals surface area contributed by atoms with E-state index in [0.29, 0.717) is 22.2 Å². The van der Waals surface area contributed by atoms with E-state index in [1.54, 1.807) is 18.3 Å². The summed E-state index contributed by atoms with van der Waals surface area (Å²) in [5, 5.41) is 3.66. The van der Waals surface area contributed by atoms with Crippen molar-refractivity contribution in [1.29, 1.82) is 0 Å². The molecule has 0 saturated carbocycles. The van der Waals surface area contributed by atoms with Crippen molar-refractivity contribution in [1.82, 2.24) is 15.3 Å². The number of benzene rings is 1. The normalized spacial score (nSPS) is 15.4. The van der Waals surface area contributed by atoms with Gasteiger partial charge in [-0.1, -0.05) is 11.6 Å². The third kappa shape index (κ3) is 2.09. The molecule has 3 rings (SSSR count). The lowest BCUT2D eigenvalue weighted by molar-refractivity contribution is 0.430. The molecule has 1 aromatic carbocycles. The minimum Gasteiger partial charge on any atom is -0.315 e. The van der Waals surface area contributed by atoms with Crippen LogP contribution in [0.15, 0.2) is 30.5 Å². The predicted molar refractivity (Wildman–Crippen MR) is 68.0 cm³/mol. The van der Waals surface area contributed by atoms with Gasteiger partial charge in [-0.25, -0.2) is 14.4 Å². The van der Waals surface area contributed by atoms with E-state index >= 15 is 0 Å². The maximum atomic E-state index is 13.8. The standard InChI is InChI=1S/C13H11ClFN3/c14-9-1-2-11(15)10(5-9)12-3-4-17-13(18-12)8-6-16-7-8/h1-5,8,16H,6-7H2. The summed E-state index contributed by atoms with van der Waals surface area (Å²) in [6.45, 7) is 1.75. The van der Waals surface area contributed by atoms with Crippen LogP contribution in [-0.4, -0.2) is 23.1 Å². The van der Waals surface area contributed by atoms with Crippen LogP contribution in [0.1, 0.15) is 11.7 Å². The van der Waals surface area contributed by atoms with Crippen LogP contribution in [0.25, 0.3) is 11.3 Å². The van der Waals surface area contributed by atoms with Crippen molar-refractivity contribution in [3.8, 4) is 11.3 Å². The molecule has 0 atom stereocenters. The molecule has 5 heteroatoms. The van der Waals surface area contributed by atoms with E-state index < -0.39 is 0 Å². The van der Waals surface area contributed by atoms with Gasteiger partial charge in [0.2, 0.25) is 0 Å². The molecular weight excluding hydrogens is 253 g/mol. The number of aromatic nitrogens is 2. The summed E-state index contributed by atoms with van der Waals surface area (Å²) >= 11 is 5.89. The summed E-state index contributed by atoms with van der Waals surface area (Å²) < 4.78 is 13.8. The fourth-order valence-corrected chi connectivity index (χ4v) is 2.06. The van der Waals surface area contributed by atoms with Crippen LogP contribution >= 0.6 is 11.6 Å². The molecule has 92 valence electrons. The second-order valence-electron chi connectivity index (χ2n) is 4.28. The number of nitrogens with zero attached hydrogens (tertiary/aromatic N) is 2. The molecule has 3 nitrogen and oxygen atoms in total. The quantitative estimate of drug-likeness (QED) is 0.905. The number of nitrogens with one attached hydrogen (secondary N) is 1. The van der Waals surface area contributed by atoms with Crippen molar-refractivity contribution in [3.05, 3.63) is 47.1 Å². The van der Waals surface area contributed by atoms with Gasteiger partial charge in [0, 0.05) is 35.8 Å². The van der Waals surface area contributed by atoms with Crippen molar-refractivity contribution < 1.29 is 4.39 Å². The van der Waals surface area contributed by atoms with Gasteiger partial charge in [0.05, 0.1) is 5.69 Å². The Hall–Kier alpha value is -1.52. The van der Waals surface area contributed by atoms with Crippen molar-refractivity contribution in [3.63, 3.8) is 0 Å². The van der Waals surface area contributed by atoms with Crippen molar-refractivity contribution in [2.45, 2.75) is 5.92 Å². The Labute approximate surface area is 109 Å². The van der Waals surface area contributed by atoms with Gasteiger partial charge in [-0.3, -0.25) is 0 Å². The van der Waals surface area contributed by atoms with Gasteiger partial charge in [0.1, 0.15) is 11.6 Å². The van der Waals surface area contributed by atoms with Crippen LogP contribution in [0.2, 0.25) is 5.02 Å². The van der Waals surface area contributed by atoms with Crippen LogP contribution in [0.4, 0.5) is 4.39 Å². The van der Waals surface area contributed by atoms with Crippen LogP contribution in [0, 0.1) is 5.82 Å². The van der Waals surface area contributed by atoms with E-state index in [1.165, 1.54) is 12.1 Å². The lowest BCUT2D eigenvalue weighted by Gasteiger charge is -2.25. The number of hydrogen-bond donors (Lipinski definition) is 1. The number of halogens is 2. The second kappa shape index (κ2) is 4.63. The Balaban J connectivity index is 2.02. The highest BCUT2D eigenvalue weighted by Gasteiger charge is 2.22. The van der Waals surface area contributed by atoms with Crippen molar-refractivity contribution in [2.24, 2.45) is 0 Å². The van der Waals surface area contributed by atoms with E-state index in [0.717, 1.165) is 18.9 Å². The molecule has 0 radical (unpaired) electrons. The Morgan fingerprint density at radius 3 is 2.83 bits per heavy atom. The van der Waals surface area contributed by atoms with E-state index in [4.69, 9.17) is 11.6 Å². The van der Waals surface area contributed by atoms with E-state index in [1.807, 2.05) is 0 Å². The maximum Gasteiger partial charge on any atom is 0.134 e. The van der Waals surface area contributed by atoms with Crippen molar-refractivity contribution in [2.75, 3.05) is 13.1 Å². The first-order chi connectivity index (χ1) is 8.74. The molecule has 0 aliphatic carbocycles. The molecule has 18 heavy (non-hydrogen) atoms. The average molecular weight is 264 g/mol. The van der Waals surface area contributed by atoms with Crippen LogP contribution in [-0.2, 0) is 0 Å².